The van der Waals surface area contributed by atoms with Gasteiger partial charge in [-0.1, -0.05) is 19.1 Å². The van der Waals surface area contributed by atoms with Crippen LogP contribution >= 0.6 is 0 Å². The van der Waals surface area contributed by atoms with E-state index in [9.17, 15) is 13.2 Å². The number of amides is 1. The van der Waals surface area contributed by atoms with Gasteiger partial charge in [0.2, 0.25) is 5.91 Å². The van der Waals surface area contributed by atoms with Crippen LogP contribution in [0.2, 0.25) is 0 Å². The van der Waals surface area contributed by atoms with Crippen LogP contribution in [-0.2, 0) is 21.1 Å². The maximum absolute atomic E-state index is 11.7. The molecule has 1 amide bonds. The molecule has 80 valence electrons. The monoisotopic (exact) mass is 225 g/mol. The molecule has 0 radical (unpaired) electrons. The van der Waals surface area contributed by atoms with Crippen LogP contribution in [0.4, 0.5) is 5.69 Å². The summed E-state index contributed by atoms with van der Waals surface area (Å²) in [6, 6.07) is 5.05. The molecule has 1 aliphatic heterocycles. The van der Waals surface area contributed by atoms with Gasteiger partial charge >= 0.3 is 0 Å². The second-order valence-corrected chi connectivity index (χ2v) is 5.41. The first-order chi connectivity index (χ1) is 7.04. The number of hydrogen-bond acceptors (Lipinski definition) is 3. The minimum absolute atomic E-state index is 0.237. The highest BCUT2D eigenvalue weighted by Gasteiger charge is 2.29. The third kappa shape index (κ3) is 1.63. The van der Waals surface area contributed by atoms with Crippen LogP contribution in [0.15, 0.2) is 23.1 Å². The molecule has 0 unspecified atom stereocenters. The van der Waals surface area contributed by atoms with E-state index in [0.29, 0.717) is 12.1 Å². The minimum Gasteiger partial charge on any atom is -0.324 e. The molecule has 0 aliphatic carbocycles. The number of rotatable bonds is 1. The molecule has 15 heavy (non-hydrogen) atoms. The second kappa shape index (κ2) is 3.34. The van der Waals surface area contributed by atoms with Crippen LogP contribution in [0.5, 0.6) is 0 Å². The lowest BCUT2D eigenvalue weighted by molar-refractivity contribution is -0.114. The lowest BCUT2D eigenvalue weighted by Crippen LogP contribution is -2.30. The van der Waals surface area contributed by atoms with Gasteiger partial charge < -0.3 is 5.32 Å². The Labute approximate surface area is 88.2 Å². The maximum Gasteiger partial charge on any atom is 0.240 e. The van der Waals surface area contributed by atoms with E-state index in [4.69, 9.17) is 0 Å². The highest BCUT2D eigenvalue weighted by molar-refractivity contribution is 7.92. The van der Waals surface area contributed by atoms with Crippen molar-refractivity contribution in [2.45, 2.75) is 18.2 Å². The summed E-state index contributed by atoms with van der Waals surface area (Å²) in [4.78, 5) is 11.5. The predicted octanol–water partition coefficient (Wildman–Crippen LogP) is 0.975. The van der Waals surface area contributed by atoms with Gasteiger partial charge in [0.25, 0.3) is 0 Å². The van der Waals surface area contributed by atoms with E-state index in [2.05, 4.69) is 5.32 Å². The Hall–Kier alpha value is -1.36. The molecule has 1 heterocycles. The fourth-order valence-electron chi connectivity index (χ4n) is 1.70. The van der Waals surface area contributed by atoms with Gasteiger partial charge in [-0.05, 0) is 18.1 Å². The average molecular weight is 225 g/mol. The zero-order valence-corrected chi connectivity index (χ0v) is 9.10. The third-order valence-corrected chi connectivity index (χ3v) is 4.07. The molecular weight excluding hydrogens is 214 g/mol. The van der Waals surface area contributed by atoms with Gasteiger partial charge in [-0.25, -0.2) is 8.42 Å². The van der Waals surface area contributed by atoms with E-state index in [1.807, 2.05) is 13.0 Å². The van der Waals surface area contributed by atoms with Crippen molar-refractivity contribution in [1.82, 2.24) is 0 Å². The lowest BCUT2D eigenvalue weighted by atomic mass is 10.1. The van der Waals surface area contributed by atoms with Gasteiger partial charge in [0.15, 0.2) is 9.84 Å². The Morgan fingerprint density at radius 3 is 2.80 bits per heavy atom. The minimum atomic E-state index is -3.44. The molecule has 0 saturated heterocycles. The molecule has 1 aromatic carbocycles. The van der Waals surface area contributed by atoms with E-state index < -0.39 is 21.5 Å². The number of aryl methyl sites for hydroxylation is 1. The van der Waals surface area contributed by atoms with Crippen LogP contribution in [0.3, 0.4) is 0 Å². The number of fused-ring (bicyclic) bond motifs is 1. The van der Waals surface area contributed by atoms with E-state index in [0.717, 1.165) is 5.56 Å². The summed E-state index contributed by atoms with van der Waals surface area (Å²) in [5.74, 6) is -0.906. The SMILES string of the molecule is CCc1cccc2c1NC(=O)CS2(=O)=O. The molecule has 0 saturated carbocycles. The number of anilines is 1. The van der Waals surface area contributed by atoms with Crippen molar-refractivity contribution in [3.05, 3.63) is 23.8 Å². The fourth-order valence-corrected chi connectivity index (χ4v) is 3.05. The molecule has 4 nitrogen and oxygen atoms in total. The molecule has 5 heteroatoms. The molecule has 1 N–H and O–H groups in total. The number of hydrogen-bond donors (Lipinski definition) is 1. The lowest BCUT2D eigenvalue weighted by Gasteiger charge is -2.19. The average Bonchev–Trinajstić information content (AvgIpc) is 2.15. The van der Waals surface area contributed by atoms with E-state index in [1.165, 1.54) is 6.07 Å². The largest absolute Gasteiger partial charge is 0.324 e. The number of para-hydroxylation sites is 1. The first-order valence-electron chi connectivity index (χ1n) is 4.69. The van der Waals surface area contributed by atoms with Crippen LogP contribution < -0.4 is 5.32 Å². The Kier molecular flexibility index (Phi) is 2.26. The Bertz CT molecular complexity index is 519. The summed E-state index contributed by atoms with van der Waals surface area (Å²) in [7, 11) is -3.44. The van der Waals surface area contributed by atoms with Gasteiger partial charge in [-0.2, -0.15) is 0 Å². The van der Waals surface area contributed by atoms with E-state index >= 15 is 0 Å². The quantitative estimate of drug-likeness (QED) is 0.774. The van der Waals surface area contributed by atoms with Crippen molar-refractivity contribution < 1.29 is 13.2 Å². The van der Waals surface area contributed by atoms with Gasteiger partial charge in [-0.3, -0.25) is 4.79 Å². The van der Waals surface area contributed by atoms with Crippen LogP contribution in [-0.4, -0.2) is 20.1 Å². The van der Waals surface area contributed by atoms with E-state index in [-0.39, 0.29) is 4.90 Å². The molecule has 0 bridgehead atoms. The topological polar surface area (TPSA) is 63.2 Å². The molecule has 0 aromatic heterocycles. The number of sulfone groups is 1. The molecule has 2 rings (SSSR count). The molecule has 0 atom stereocenters. The van der Waals surface area contributed by atoms with Gasteiger partial charge in [0.1, 0.15) is 5.75 Å². The Morgan fingerprint density at radius 2 is 2.13 bits per heavy atom. The summed E-state index contributed by atoms with van der Waals surface area (Å²) in [6.07, 6.45) is 0.693. The van der Waals surface area contributed by atoms with Crippen molar-refractivity contribution >= 4 is 21.4 Å². The summed E-state index contributed by atoms with van der Waals surface area (Å²) >= 11 is 0. The second-order valence-electron chi connectivity index (χ2n) is 3.45. The van der Waals surface area contributed by atoms with Crippen molar-refractivity contribution in [2.24, 2.45) is 0 Å². The maximum atomic E-state index is 11.7. The summed E-state index contributed by atoms with van der Waals surface area (Å²) in [5.41, 5.74) is 1.31. The van der Waals surface area contributed by atoms with Crippen LogP contribution in [0.1, 0.15) is 12.5 Å². The first-order valence-corrected chi connectivity index (χ1v) is 6.34. The number of benzene rings is 1. The van der Waals surface area contributed by atoms with Gasteiger partial charge in [0.05, 0.1) is 10.6 Å². The number of carbonyl (C=O) groups is 1. The highest BCUT2D eigenvalue weighted by Crippen LogP contribution is 2.30. The van der Waals surface area contributed by atoms with Crippen LogP contribution in [0, 0.1) is 0 Å². The summed E-state index contributed by atoms with van der Waals surface area (Å²) < 4.78 is 23.4. The highest BCUT2D eigenvalue weighted by atomic mass is 32.2. The normalized spacial score (nSPS) is 18.1. The predicted molar refractivity (Wildman–Crippen MR) is 56.5 cm³/mol. The van der Waals surface area contributed by atoms with Crippen molar-refractivity contribution in [2.75, 3.05) is 11.1 Å². The van der Waals surface area contributed by atoms with Crippen LogP contribution in [0.25, 0.3) is 0 Å². The molecule has 1 aromatic rings. The van der Waals surface area contributed by atoms with Crippen molar-refractivity contribution in [3.8, 4) is 0 Å². The molecular formula is C10H11NO3S. The van der Waals surface area contributed by atoms with Gasteiger partial charge in [-0.15, -0.1) is 0 Å². The zero-order chi connectivity index (χ0) is 11.1. The zero-order valence-electron chi connectivity index (χ0n) is 8.28. The Morgan fingerprint density at radius 1 is 1.40 bits per heavy atom. The standard InChI is InChI=1S/C10H11NO3S/c1-2-7-4-3-5-8-10(7)11-9(12)6-15(8,13)14/h3-5H,2,6H2,1H3,(H,11,12). The summed E-state index contributed by atoms with van der Waals surface area (Å²) in [5, 5.41) is 2.62. The fraction of sp³-hybridized carbons (Fsp3) is 0.300. The summed E-state index contributed by atoms with van der Waals surface area (Å²) in [6.45, 7) is 1.92. The van der Waals surface area contributed by atoms with E-state index in [1.54, 1.807) is 6.07 Å². The molecule has 0 spiro atoms. The smallest absolute Gasteiger partial charge is 0.240 e. The van der Waals surface area contributed by atoms with Crippen molar-refractivity contribution in [3.63, 3.8) is 0 Å². The Balaban J connectivity index is 2.71. The van der Waals surface area contributed by atoms with Gasteiger partial charge in [0, 0.05) is 0 Å². The molecule has 1 aliphatic rings. The first kappa shape index (κ1) is 10.2. The number of carbonyl (C=O) groups excluding carboxylic acids is 1. The van der Waals surface area contributed by atoms with Crippen molar-refractivity contribution in [1.29, 1.82) is 0 Å². The molecule has 0 fully saturated rings. The third-order valence-electron chi connectivity index (χ3n) is 2.41. The number of nitrogens with one attached hydrogen (secondary N) is 1.